The second kappa shape index (κ2) is 7.05. The quantitative estimate of drug-likeness (QED) is 0.800. The molecule has 0 N–H and O–H groups in total. The fraction of sp³-hybridized carbons (Fsp3) is 0.400. The number of rotatable bonds is 3. The SMILES string of the molecule is O=C(c1ccc(Br)s1)N1CCCN(Cc2cccs2)CC1. The molecule has 1 aliphatic rings. The highest BCUT2D eigenvalue weighted by molar-refractivity contribution is 9.11. The zero-order valence-electron chi connectivity index (χ0n) is 11.6. The molecule has 0 unspecified atom stereocenters. The normalized spacial score (nSPS) is 16.9. The van der Waals surface area contributed by atoms with Crippen molar-refractivity contribution in [3.05, 3.63) is 43.2 Å². The maximum atomic E-state index is 12.5. The number of hydrogen-bond donors (Lipinski definition) is 0. The summed E-state index contributed by atoms with van der Waals surface area (Å²) in [5.41, 5.74) is 0. The summed E-state index contributed by atoms with van der Waals surface area (Å²) in [7, 11) is 0. The first kappa shape index (κ1) is 15.2. The van der Waals surface area contributed by atoms with Gasteiger partial charge in [0.25, 0.3) is 5.91 Å². The minimum absolute atomic E-state index is 0.170. The van der Waals surface area contributed by atoms with Crippen molar-refractivity contribution in [1.82, 2.24) is 9.80 Å². The zero-order valence-corrected chi connectivity index (χ0v) is 14.8. The topological polar surface area (TPSA) is 23.6 Å². The van der Waals surface area contributed by atoms with Gasteiger partial charge in [0.2, 0.25) is 0 Å². The van der Waals surface area contributed by atoms with Crippen LogP contribution in [0.1, 0.15) is 21.0 Å². The minimum Gasteiger partial charge on any atom is -0.337 e. The monoisotopic (exact) mass is 384 g/mol. The Hall–Kier alpha value is -0.690. The summed E-state index contributed by atoms with van der Waals surface area (Å²) in [4.78, 5) is 19.2. The number of halogens is 1. The van der Waals surface area contributed by atoms with E-state index in [-0.39, 0.29) is 5.91 Å². The highest BCUT2D eigenvalue weighted by Gasteiger charge is 2.21. The lowest BCUT2D eigenvalue weighted by Crippen LogP contribution is -2.34. The van der Waals surface area contributed by atoms with Gasteiger partial charge in [-0.25, -0.2) is 0 Å². The number of hydrogen-bond acceptors (Lipinski definition) is 4. The first-order valence-electron chi connectivity index (χ1n) is 7.02. The van der Waals surface area contributed by atoms with Crippen LogP contribution in [0.2, 0.25) is 0 Å². The third-order valence-electron chi connectivity index (χ3n) is 3.62. The zero-order chi connectivity index (χ0) is 14.7. The van der Waals surface area contributed by atoms with E-state index in [1.54, 1.807) is 11.3 Å². The molecule has 3 heterocycles. The lowest BCUT2D eigenvalue weighted by molar-refractivity contribution is 0.0766. The van der Waals surface area contributed by atoms with Crippen molar-refractivity contribution in [3.63, 3.8) is 0 Å². The standard InChI is InChI=1S/C15H17BrN2OS2/c16-14-5-4-13(21-14)15(19)18-7-2-6-17(8-9-18)11-12-3-1-10-20-12/h1,3-5,10H,2,6-9,11H2. The molecule has 112 valence electrons. The lowest BCUT2D eigenvalue weighted by atomic mass is 10.3. The van der Waals surface area contributed by atoms with Crippen LogP contribution in [0.4, 0.5) is 0 Å². The summed E-state index contributed by atoms with van der Waals surface area (Å²) >= 11 is 6.74. The Morgan fingerprint density at radius 3 is 2.81 bits per heavy atom. The van der Waals surface area contributed by atoms with E-state index in [4.69, 9.17) is 0 Å². The van der Waals surface area contributed by atoms with Crippen LogP contribution in [0, 0.1) is 0 Å². The van der Waals surface area contributed by atoms with E-state index in [1.165, 1.54) is 16.2 Å². The Morgan fingerprint density at radius 1 is 1.19 bits per heavy atom. The Balaban J connectivity index is 1.59. The van der Waals surface area contributed by atoms with E-state index in [0.29, 0.717) is 0 Å². The van der Waals surface area contributed by atoms with Crippen molar-refractivity contribution in [2.24, 2.45) is 0 Å². The van der Waals surface area contributed by atoms with Crippen molar-refractivity contribution >= 4 is 44.5 Å². The summed E-state index contributed by atoms with van der Waals surface area (Å²) in [5, 5.41) is 2.12. The molecule has 3 nitrogen and oxygen atoms in total. The largest absolute Gasteiger partial charge is 0.337 e. The van der Waals surface area contributed by atoms with Crippen LogP contribution in [-0.4, -0.2) is 41.9 Å². The molecule has 6 heteroatoms. The third kappa shape index (κ3) is 3.94. The molecule has 0 bridgehead atoms. The second-order valence-electron chi connectivity index (χ2n) is 5.11. The van der Waals surface area contributed by atoms with Gasteiger partial charge in [0, 0.05) is 37.6 Å². The molecule has 1 fully saturated rings. The maximum absolute atomic E-state index is 12.5. The van der Waals surface area contributed by atoms with Gasteiger partial charge in [0.1, 0.15) is 0 Å². The number of thiophene rings is 2. The van der Waals surface area contributed by atoms with E-state index in [2.05, 4.69) is 38.3 Å². The van der Waals surface area contributed by atoms with Crippen LogP contribution < -0.4 is 0 Å². The number of carbonyl (C=O) groups excluding carboxylic acids is 1. The fourth-order valence-corrected chi connectivity index (χ4v) is 4.64. The molecule has 3 rings (SSSR count). The van der Waals surface area contributed by atoms with Crippen LogP contribution in [0.25, 0.3) is 0 Å². The van der Waals surface area contributed by atoms with Crippen molar-refractivity contribution < 1.29 is 4.79 Å². The Kier molecular flexibility index (Phi) is 5.11. The first-order valence-corrected chi connectivity index (χ1v) is 9.50. The molecular formula is C15H17BrN2OS2. The Morgan fingerprint density at radius 2 is 2.10 bits per heavy atom. The predicted octanol–water partition coefficient (Wildman–Crippen LogP) is 3.92. The lowest BCUT2D eigenvalue weighted by Gasteiger charge is -2.21. The average molecular weight is 385 g/mol. The van der Waals surface area contributed by atoms with Gasteiger partial charge in [0.15, 0.2) is 0 Å². The summed E-state index contributed by atoms with van der Waals surface area (Å²) in [6.45, 7) is 4.70. The Labute approximate surface area is 141 Å². The first-order chi connectivity index (χ1) is 10.2. The van der Waals surface area contributed by atoms with Gasteiger partial charge in [-0.15, -0.1) is 22.7 Å². The number of carbonyl (C=O) groups is 1. The van der Waals surface area contributed by atoms with Crippen molar-refractivity contribution in [2.75, 3.05) is 26.2 Å². The van der Waals surface area contributed by atoms with Gasteiger partial charge in [-0.3, -0.25) is 9.69 Å². The molecule has 0 aliphatic carbocycles. The van der Waals surface area contributed by atoms with E-state index in [0.717, 1.165) is 47.8 Å². The van der Waals surface area contributed by atoms with Gasteiger partial charge < -0.3 is 4.90 Å². The van der Waals surface area contributed by atoms with Gasteiger partial charge in [-0.05, 0) is 45.9 Å². The van der Waals surface area contributed by atoms with Gasteiger partial charge in [-0.1, -0.05) is 6.07 Å². The van der Waals surface area contributed by atoms with Crippen LogP contribution in [0.3, 0.4) is 0 Å². The highest BCUT2D eigenvalue weighted by Crippen LogP contribution is 2.24. The van der Waals surface area contributed by atoms with E-state index >= 15 is 0 Å². The summed E-state index contributed by atoms with van der Waals surface area (Å²) in [5.74, 6) is 0.170. The van der Waals surface area contributed by atoms with Gasteiger partial charge >= 0.3 is 0 Å². The average Bonchev–Trinajstić information content (AvgIpc) is 3.07. The molecule has 1 saturated heterocycles. The van der Waals surface area contributed by atoms with Gasteiger partial charge in [-0.2, -0.15) is 0 Å². The molecule has 0 spiro atoms. The van der Waals surface area contributed by atoms with Crippen molar-refractivity contribution in [3.8, 4) is 0 Å². The molecule has 0 radical (unpaired) electrons. The molecule has 2 aromatic heterocycles. The summed E-state index contributed by atoms with van der Waals surface area (Å²) < 4.78 is 1.01. The molecule has 0 atom stereocenters. The van der Waals surface area contributed by atoms with E-state index in [9.17, 15) is 4.79 Å². The molecule has 1 aliphatic heterocycles. The highest BCUT2D eigenvalue weighted by atomic mass is 79.9. The maximum Gasteiger partial charge on any atom is 0.264 e. The molecule has 21 heavy (non-hydrogen) atoms. The molecular weight excluding hydrogens is 368 g/mol. The fourth-order valence-electron chi connectivity index (χ4n) is 2.54. The van der Waals surface area contributed by atoms with Gasteiger partial charge in [0.05, 0.1) is 8.66 Å². The minimum atomic E-state index is 0.170. The van der Waals surface area contributed by atoms with Crippen molar-refractivity contribution in [1.29, 1.82) is 0 Å². The van der Waals surface area contributed by atoms with E-state index < -0.39 is 0 Å². The van der Waals surface area contributed by atoms with Crippen LogP contribution in [0.15, 0.2) is 33.4 Å². The molecule has 1 amide bonds. The number of nitrogens with zero attached hydrogens (tertiary/aromatic N) is 2. The van der Waals surface area contributed by atoms with Crippen LogP contribution >= 0.6 is 38.6 Å². The second-order valence-corrected chi connectivity index (χ2v) is 8.60. The molecule has 0 saturated carbocycles. The van der Waals surface area contributed by atoms with Crippen molar-refractivity contribution in [2.45, 2.75) is 13.0 Å². The summed E-state index contributed by atoms with van der Waals surface area (Å²) in [6.07, 6.45) is 1.05. The summed E-state index contributed by atoms with van der Waals surface area (Å²) in [6, 6.07) is 8.13. The Bertz CT molecular complexity index is 597. The third-order valence-corrected chi connectivity index (χ3v) is 6.09. The van der Waals surface area contributed by atoms with Crippen LogP contribution in [-0.2, 0) is 6.54 Å². The molecule has 2 aromatic rings. The van der Waals surface area contributed by atoms with Crippen LogP contribution in [0.5, 0.6) is 0 Å². The smallest absolute Gasteiger partial charge is 0.264 e. The molecule has 0 aromatic carbocycles. The predicted molar refractivity (Wildman–Crippen MR) is 92.1 cm³/mol. The number of amides is 1. The van der Waals surface area contributed by atoms with E-state index in [1.807, 2.05) is 17.0 Å².